The number of aliphatic hydroxyl groups is 3. The summed E-state index contributed by atoms with van der Waals surface area (Å²) in [7, 11) is 0. The van der Waals surface area contributed by atoms with Gasteiger partial charge in [-0.25, -0.2) is 4.79 Å². The maximum atomic E-state index is 13.2. The Kier molecular flexibility index (Phi) is 5.52. The summed E-state index contributed by atoms with van der Waals surface area (Å²) in [6.45, 7) is 7.41. The minimum Gasteiger partial charge on any atom is -0.456 e. The maximum absolute atomic E-state index is 13.2. The van der Waals surface area contributed by atoms with Crippen LogP contribution in [0.25, 0.3) is 0 Å². The fourth-order valence-corrected chi connectivity index (χ4v) is 8.98. The van der Waals surface area contributed by atoms with Crippen molar-refractivity contribution >= 4 is 11.8 Å². The number of Topliss-reactive ketones (excluding diaryl/α,β-unsaturated/α-hetero) is 1. The highest BCUT2D eigenvalue weighted by Gasteiger charge is 2.70. The van der Waals surface area contributed by atoms with E-state index >= 15 is 0 Å². The summed E-state index contributed by atoms with van der Waals surface area (Å²) in [5.74, 6) is -0.365. The molecule has 4 aliphatic carbocycles. The lowest BCUT2D eigenvalue weighted by Crippen LogP contribution is -2.64. The zero-order chi connectivity index (χ0) is 24.7. The van der Waals surface area contributed by atoms with Crippen molar-refractivity contribution in [1.29, 1.82) is 0 Å². The van der Waals surface area contributed by atoms with Crippen LogP contribution in [0.2, 0.25) is 0 Å². The van der Waals surface area contributed by atoms with E-state index in [2.05, 4.69) is 19.9 Å². The van der Waals surface area contributed by atoms with Gasteiger partial charge in [0.15, 0.2) is 0 Å². The van der Waals surface area contributed by atoms with Crippen LogP contribution >= 0.6 is 0 Å². The van der Waals surface area contributed by atoms with E-state index < -0.39 is 34.1 Å². The molecule has 3 fully saturated rings. The molecule has 0 amide bonds. The van der Waals surface area contributed by atoms with Crippen molar-refractivity contribution in [1.82, 2.24) is 0 Å². The molecule has 188 valence electrons. The molecule has 0 aromatic carbocycles. The minimum atomic E-state index is -1.32. The third-order valence-corrected chi connectivity index (χ3v) is 11.1. The van der Waals surface area contributed by atoms with Gasteiger partial charge in [-0.2, -0.15) is 0 Å². The van der Waals surface area contributed by atoms with Gasteiger partial charge >= 0.3 is 5.97 Å². The molecule has 0 unspecified atom stereocenters. The Bertz CT molecular complexity index is 977. The molecule has 3 saturated carbocycles. The lowest BCUT2D eigenvalue weighted by molar-refractivity contribution is -0.215. The summed E-state index contributed by atoms with van der Waals surface area (Å²) in [5.41, 5.74) is -1.01. The van der Waals surface area contributed by atoms with Crippen molar-refractivity contribution in [3.05, 3.63) is 22.8 Å². The molecule has 0 radical (unpaired) electrons. The second-order valence-corrected chi connectivity index (χ2v) is 12.4. The van der Waals surface area contributed by atoms with E-state index in [0.29, 0.717) is 31.5 Å². The van der Waals surface area contributed by atoms with Crippen molar-refractivity contribution in [2.45, 2.75) is 103 Å². The standard InChI is InChI=1S/C28H40O6/c1-16-14-23(34-24(31)18(16)15-29)27(4,32)21-11-13-28(33)20-9-8-17-6-5-7-22(30)26(17,3)19(20)10-12-25(21,28)2/h8,19-21,23,29,32-33H,5-7,9-15H2,1-4H3/t19-,20+,21-,23+,25+,26-,27+,28+/m0/s1. The number of fused-ring (bicyclic) bond motifs is 5. The molecule has 3 N–H and O–H groups in total. The van der Waals surface area contributed by atoms with E-state index in [1.54, 1.807) is 13.8 Å². The molecule has 8 atom stereocenters. The minimum absolute atomic E-state index is 0.0145. The first-order valence-electron chi connectivity index (χ1n) is 13.1. The van der Waals surface area contributed by atoms with Gasteiger partial charge in [-0.3, -0.25) is 4.79 Å². The van der Waals surface area contributed by atoms with Crippen LogP contribution in [0.5, 0.6) is 0 Å². The van der Waals surface area contributed by atoms with Crippen molar-refractivity contribution in [3.63, 3.8) is 0 Å². The molecule has 0 saturated heterocycles. The molecule has 34 heavy (non-hydrogen) atoms. The lowest BCUT2D eigenvalue weighted by atomic mass is 9.45. The first kappa shape index (κ1) is 24.2. The van der Waals surface area contributed by atoms with E-state index in [-0.39, 0.29) is 29.9 Å². The zero-order valence-electron chi connectivity index (χ0n) is 21.0. The number of rotatable bonds is 3. The summed E-state index contributed by atoms with van der Waals surface area (Å²) in [4.78, 5) is 25.7. The largest absolute Gasteiger partial charge is 0.456 e. The van der Waals surface area contributed by atoms with Crippen LogP contribution in [0.4, 0.5) is 0 Å². The van der Waals surface area contributed by atoms with Crippen LogP contribution in [0, 0.1) is 28.6 Å². The average molecular weight is 473 g/mol. The van der Waals surface area contributed by atoms with Gasteiger partial charge in [0, 0.05) is 18.3 Å². The van der Waals surface area contributed by atoms with E-state index in [1.807, 2.05) is 0 Å². The fraction of sp³-hybridized carbons (Fsp3) is 0.786. The molecule has 5 rings (SSSR count). The Balaban J connectivity index is 1.47. The third-order valence-electron chi connectivity index (χ3n) is 11.1. The SMILES string of the molecule is CC1=C(CO)C(=O)O[C@@H]([C@](C)(O)[C@H]2CC[C@@]3(O)[C@@H]4CC=C5CCCC(=O)[C@]5(C)[C@H]4CC[C@]23C)C1. The van der Waals surface area contributed by atoms with Crippen LogP contribution in [-0.2, 0) is 14.3 Å². The number of hydrogen-bond acceptors (Lipinski definition) is 6. The second-order valence-electron chi connectivity index (χ2n) is 12.4. The van der Waals surface area contributed by atoms with Gasteiger partial charge < -0.3 is 20.1 Å². The van der Waals surface area contributed by atoms with Gasteiger partial charge in [0.2, 0.25) is 0 Å². The van der Waals surface area contributed by atoms with Crippen LogP contribution in [0.1, 0.15) is 85.5 Å². The summed E-state index contributed by atoms with van der Waals surface area (Å²) in [6, 6.07) is 0. The molecule has 6 heteroatoms. The Morgan fingerprint density at radius 3 is 2.56 bits per heavy atom. The number of cyclic esters (lactones) is 1. The Morgan fingerprint density at radius 1 is 1.15 bits per heavy atom. The summed E-state index contributed by atoms with van der Waals surface area (Å²) in [5, 5.41) is 33.8. The number of hydrogen-bond donors (Lipinski definition) is 3. The van der Waals surface area contributed by atoms with Gasteiger partial charge in [-0.1, -0.05) is 24.1 Å². The van der Waals surface area contributed by atoms with Crippen molar-refractivity contribution in [2.75, 3.05) is 6.61 Å². The van der Waals surface area contributed by atoms with E-state index in [9.17, 15) is 24.9 Å². The number of ether oxygens (including phenoxy) is 1. The van der Waals surface area contributed by atoms with E-state index in [1.165, 1.54) is 5.57 Å². The van der Waals surface area contributed by atoms with Crippen LogP contribution in [0.3, 0.4) is 0 Å². The summed E-state index contributed by atoms with van der Waals surface area (Å²) >= 11 is 0. The number of aliphatic hydroxyl groups excluding tert-OH is 1. The number of allylic oxidation sites excluding steroid dienone is 2. The highest BCUT2D eigenvalue weighted by Crippen LogP contribution is 2.69. The highest BCUT2D eigenvalue weighted by molar-refractivity contribution is 5.90. The predicted molar refractivity (Wildman–Crippen MR) is 127 cm³/mol. The van der Waals surface area contributed by atoms with Gasteiger partial charge in [0.1, 0.15) is 17.5 Å². The fourth-order valence-electron chi connectivity index (χ4n) is 8.98. The molecule has 0 bridgehead atoms. The number of carbonyl (C=O) groups is 2. The number of ketones is 1. The second kappa shape index (κ2) is 7.75. The van der Waals surface area contributed by atoms with Gasteiger partial charge in [-0.05, 0) is 83.5 Å². The molecule has 6 nitrogen and oxygen atoms in total. The number of esters is 1. The molecular formula is C28H40O6. The predicted octanol–water partition coefficient (Wildman–Crippen LogP) is 3.62. The van der Waals surface area contributed by atoms with Gasteiger partial charge in [0.05, 0.1) is 23.2 Å². The zero-order valence-corrected chi connectivity index (χ0v) is 21.0. The monoisotopic (exact) mass is 472 g/mol. The van der Waals surface area contributed by atoms with Crippen LogP contribution in [0.15, 0.2) is 22.8 Å². The molecular weight excluding hydrogens is 432 g/mol. The quantitative estimate of drug-likeness (QED) is 0.428. The van der Waals surface area contributed by atoms with E-state index in [0.717, 1.165) is 37.7 Å². The molecule has 5 aliphatic rings. The summed E-state index contributed by atoms with van der Waals surface area (Å²) in [6.07, 6.45) is 8.03. The Morgan fingerprint density at radius 2 is 1.88 bits per heavy atom. The van der Waals surface area contributed by atoms with Gasteiger partial charge in [-0.15, -0.1) is 0 Å². The highest BCUT2D eigenvalue weighted by atomic mass is 16.6. The van der Waals surface area contributed by atoms with Crippen LogP contribution in [-0.4, -0.2) is 51.0 Å². The molecule has 0 aromatic heterocycles. The van der Waals surface area contributed by atoms with E-state index in [4.69, 9.17) is 4.74 Å². The van der Waals surface area contributed by atoms with Crippen LogP contribution < -0.4 is 0 Å². The van der Waals surface area contributed by atoms with Crippen molar-refractivity contribution in [3.8, 4) is 0 Å². The lowest BCUT2D eigenvalue weighted by Gasteiger charge is -2.61. The topological polar surface area (TPSA) is 104 Å². The third kappa shape index (κ3) is 2.97. The van der Waals surface area contributed by atoms with Crippen molar-refractivity contribution < 1.29 is 29.6 Å². The average Bonchev–Trinajstić information content (AvgIpc) is 3.06. The van der Waals surface area contributed by atoms with Gasteiger partial charge in [0.25, 0.3) is 0 Å². The summed E-state index contributed by atoms with van der Waals surface area (Å²) < 4.78 is 5.66. The first-order chi connectivity index (χ1) is 15.9. The van der Waals surface area contributed by atoms with Crippen molar-refractivity contribution in [2.24, 2.45) is 28.6 Å². The Labute approximate surface area is 202 Å². The maximum Gasteiger partial charge on any atom is 0.336 e. The first-order valence-corrected chi connectivity index (χ1v) is 13.1. The number of carbonyl (C=O) groups excluding carboxylic acids is 2. The molecule has 1 heterocycles. The molecule has 0 spiro atoms. The Hall–Kier alpha value is -1.50. The normalized spacial score (nSPS) is 46.1. The smallest absolute Gasteiger partial charge is 0.336 e. The molecule has 0 aromatic rings. The molecule has 1 aliphatic heterocycles.